The zero-order valence-corrected chi connectivity index (χ0v) is 15.0. The van der Waals surface area contributed by atoms with Gasteiger partial charge in [-0.05, 0) is 41.8 Å². The van der Waals surface area contributed by atoms with Crippen molar-refractivity contribution >= 4 is 38.1 Å². The number of nitrogens with zero attached hydrogens (tertiary/aromatic N) is 1. The molecule has 0 radical (unpaired) electrons. The molecular formula is C19H13F3N2O3S. The quantitative estimate of drug-likeness (QED) is 0.715. The maximum Gasteiger partial charge on any atom is 0.416 e. The third kappa shape index (κ3) is 2.97. The summed E-state index contributed by atoms with van der Waals surface area (Å²) in [5, 5.41) is 3.72. The number of sulfonamides is 1. The topological polar surface area (TPSA) is 66.5 Å². The van der Waals surface area contributed by atoms with Gasteiger partial charge in [0.2, 0.25) is 5.91 Å². The number of rotatable bonds is 3. The fourth-order valence-corrected chi connectivity index (χ4v) is 4.87. The van der Waals surface area contributed by atoms with Crippen molar-refractivity contribution in [3.63, 3.8) is 0 Å². The van der Waals surface area contributed by atoms with Gasteiger partial charge in [-0.1, -0.05) is 24.3 Å². The zero-order valence-electron chi connectivity index (χ0n) is 14.2. The first kappa shape index (κ1) is 18.3. The summed E-state index contributed by atoms with van der Waals surface area (Å²) >= 11 is 0. The highest BCUT2D eigenvalue weighted by Gasteiger charge is 2.36. The molecule has 0 aliphatic carbocycles. The number of amides is 1. The van der Waals surface area contributed by atoms with E-state index in [4.69, 9.17) is 0 Å². The maximum absolute atomic E-state index is 12.8. The highest BCUT2D eigenvalue weighted by atomic mass is 32.2. The molecule has 4 rings (SSSR count). The van der Waals surface area contributed by atoms with E-state index in [1.807, 2.05) is 0 Å². The number of halogens is 3. The first-order valence-corrected chi connectivity index (χ1v) is 9.63. The SMILES string of the molecule is O=C(CN1c2cccc3cccc(c23)S1(=O)=O)Nc1ccc(C(F)(F)F)cc1. The van der Waals surface area contributed by atoms with Gasteiger partial charge in [0.15, 0.2) is 0 Å². The smallest absolute Gasteiger partial charge is 0.325 e. The highest BCUT2D eigenvalue weighted by Crippen LogP contribution is 2.41. The van der Waals surface area contributed by atoms with Gasteiger partial charge in [-0.25, -0.2) is 8.42 Å². The number of hydrogen-bond donors (Lipinski definition) is 1. The van der Waals surface area contributed by atoms with Crippen molar-refractivity contribution in [1.82, 2.24) is 0 Å². The highest BCUT2D eigenvalue weighted by molar-refractivity contribution is 7.93. The van der Waals surface area contributed by atoms with Crippen LogP contribution in [0.2, 0.25) is 0 Å². The van der Waals surface area contributed by atoms with E-state index in [1.54, 1.807) is 30.3 Å². The van der Waals surface area contributed by atoms with Gasteiger partial charge in [-0.2, -0.15) is 13.2 Å². The lowest BCUT2D eigenvalue weighted by Crippen LogP contribution is -2.35. The van der Waals surface area contributed by atoms with Gasteiger partial charge in [0.25, 0.3) is 10.0 Å². The van der Waals surface area contributed by atoms with Crippen LogP contribution in [0.15, 0.2) is 65.6 Å². The third-order valence-corrected chi connectivity index (χ3v) is 6.27. The molecule has 3 aromatic rings. The first-order chi connectivity index (χ1) is 13.2. The third-order valence-electron chi connectivity index (χ3n) is 4.46. The maximum atomic E-state index is 12.8. The van der Waals surface area contributed by atoms with Gasteiger partial charge in [0.05, 0.1) is 16.1 Å². The number of carbonyl (C=O) groups excluding carboxylic acids is 1. The van der Waals surface area contributed by atoms with E-state index in [0.717, 1.165) is 34.0 Å². The minimum atomic E-state index is -4.48. The molecule has 0 atom stereocenters. The van der Waals surface area contributed by atoms with Crippen LogP contribution in [0.5, 0.6) is 0 Å². The van der Waals surface area contributed by atoms with Crippen LogP contribution in [-0.4, -0.2) is 20.9 Å². The molecule has 0 saturated carbocycles. The fraction of sp³-hybridized carbons (Fsp3) is 0.105. The van der Waals surface area contributed by atoms with Crippen molar-refractivity contribution in [2.75, 3.05) is 16.2 Å². The van der Waals surface area contributed by atoms with Crippen LogP contribution in [0.4, 0.5) is 24.5 Å². The molecule has 5 nitrogen and oxygen atoms in total. The Morgan fingerprint density at radius 3 is 2.25 bits per heavy atom. The van der Waals surface area contributed by atoms with Crippen molar-refractivity contribution in [2.45, 2.75) is 11.1 Å². The Labute approximate surface area is 158 Å². The fourth-order valence-electron chi connectivity index (χ4n) is 3.20. The Morgan fingerprint density at radius 1 is 0.964 bits per heavy atom. The summed E-state index contributed by atoms with van der Waals surface area (Å²) in [5.41, 5.74) is -0.296. The monoisotopic (exact) mass is 406 g/mol. The second-order valence-corrected chi connectivity index (χ2v) is 8.10. The van der Waals surface area contributed by atoms with Gasteiger partial charge in [-0.3, -0.25) is 9.10 Å². The minimum Gasteiger partial charge on any atom is -0.325 e. The van der Waals surface area contributed by atoms with E-state index in [0.29, 0.717) is 11.1 Å². The average Bonchev–Trinajstić information content (AvgIpc) is 2.85. The molecule has 28 heavy (non-hydrogen) atoms. The Balaban J connectivity index is 1.58. The first-order valence-electron chi connectivity index (χ1n) is 8.19. The summed E-state index contributed by atoms with van der Waals surface area (Å²) in [6.45, 7) is -0.489. The second-order valence-electron chi connectivity index (χ2n) is 6.27. The van der Waals surface area contributed by atoms with Crippen LogP contribution in [0.25, 0.3) is 10.8 Å². The summed E-state index contributed by atoms with van der Waals surface area (Å²) in [5.74, 6) is -0.659. The predicted octanol–water partition coefficient (Wildman–Crippen LogP) is 4.01. The van der Waals surface area contributed by atoms with Crippen molar-refractivity contribution in [2.24, 2.45) is 0 Å². The minimum absolute atomic E-state index is 0.128. The van der Waals surface area contributed by atoms with E-state index >= 15 is 0 Å². The van der Waals surface area contributed by atoms with E-state index in [2.05, 4.69) is 5.32 Å². The molecule has 1 amide bonds. The molecule has 144 valence electrons. The number of anilines is 2. The lowest BCUT2D eigenvalue weighted by molar-refractivity contribution is -0.137. The standard InChI is InChI=1S/C19H13F3N2O3S/c20-19(21,22)13-7-9-14(10-8-13)23-17(25)11-24-15-5-1-3-12-4-2-6-16(18(12)15)28(24,26)27/h1-10H,11H2,(H,23,25). The second kappa shape index (κ2) is 6.23. The molecule has 1 aliphatic heterocycles. The van der Waals surface area contributed by atoms with Crippen LogP contribution in [0.1, 0.15) is 5.56 Å². The van der Waals surface area contributed by atoms with Crippen molar-refractivity contribution in [3.05, 3.63) is 66.2 Å². The summed E-state index contributed by atoms with van der Waals surface area (Å²) in [7, 11) is -3.89. The molecule has 3 aromatic carbocycles. The Hall–Kier alpha value is -3.07. The largest absolute Gasteiger partial charge is 0.416 e. The average molecular weight is 406 g/mol. The van der Waals surface area contributed by atoms with Gasteiger partial charge in [0.1, 0.15) is 6.54 Å². The van der Waals surface area contributed by atoms with E-state index in [-0.39, 0.29) is 10.6 Å². The van der Waals surface area contributed by atoms with Crippen molar-refractivity contribution in [1.29, 1.82) is 0 Å². The number of nitrogens with one attached hydrogen (secondary N) is 1. The van der Waals surface area contributed by atoms with E-state index in [1.165, 1.54) is 6.07 Å². The Bertz CT molecular complexity index is 1180. The number of hydrogen-bond acceptors (Lipinski definition) is 3. The van der Waals surface area contributed by atoms with Crippen molar-refractivity contribution < 1.29 is 26.4 Å². The summed E-state index contributed by atoms with van der Waals surface area (Å²) in [6.07, 6.45) is -4.48. The molecule has 0 saturated heterocycles. The summed E-state index contributed by atoms with van der Waals surface area (Å²) < 4.78 is 64.5. The lowest BCUT2D eigenvalue weighted by atomic mass is 10.1. The molecular weight excluding hydrogens is 393 g/mol. The molecule has 1 N–H and O–H groups in total. The predicted molar refractivity (Wildman–Crippen MR) is 98.6 cm³/mol. The van der Waals surface area contributed by atoms with Crippen molar-refractivity contribution in [3.8, 4) is 0 Å². The van der Waals surface area contributed by atoms with Crippen LogP contribution in [0, 0.1) is 0 Å². The molecule has 0 fully saturated rings. The molecule has 0 bridgehead atoms. The van der Waals surface area contributed by atoms with Crippen LogP contribution >= 0.6 is 0 Å². The lowest BCUT2D eigenvalue weighted by Gasteiger charge is -2.18. The van der Waals surface area contributed by atoms with Crippen LogP contribution < -0.4 is 9.62 Å². The van der Waals surface area contributed by atoms with Gasteiger partial charge >= 0.3 is 6.18 Å². The summed E-state index contributed by atoms with van der Waals surface area (Å²) in [4.78, 5) is 12.5. The molecule has 0 spiro atoms. The zero-order chi connectivity index (χ0) is 20.1. The Morgan fingerprint density at radius 2 is 1.61 bits per heavy atom. The summed E-state index contributed by atoms with van der Waals surface area (Å²) in [6, 6.07) is 13.9. The van der Waals surface area contributed by atoms with E-state index in [9.17, 15) is 26.4 Å². The molecule has 1 aliphatic rings. The van der Waals surface area contributed by atoms with Crippen LogP contribution in [0.3, 0.4) is 0 Å². The number of carbonyl (C=O) groups is 1. The van der Waals surface area contributed by atoms with Gasteiger partial charge < -0.3 is 5.32 Å². The molecule has 1 heterocycles. The Kier molecular flexibility index (Phi) is 4.07. The normalized spacial score (nSPS) is 15.0. The number of alkyl halides is 3. The molecule has 9 heteroatoms. The van der Waals surface area contributed by atoms with Crippen LogP contribution in [-0.2, 0) is 21.0 Å². The number of benzene rings is 3. The van der Waals surface area contributed by atoms with Gasteiger partial charge in [-0.15, -0.1) is 0 Å². The molecule has 0 aromatic heterocycles. The van der Waals surface area contributed by atoms with E-state index < -0.39 is 34.2 Å². The molecule has 0 unspecified atom stereocenters. The van der Waals surface area contributed by atoms with Gasteiger partial charge in [0, 0.05) is 11.1 Å².